The largest absolute Gasteiger partial charge is 0.497 e. The van der Waals surface area contributed by atoms with Crippen LogP contribution < -0.4 is 10.3 Å². The number of ether oxygens (including phenoxy) is 1. The zero-order chi connectivity index (χ0) is 22.0. The maximum Gasteiger partial charge on any atom is 0.260 e. The zero-order valence-electron chi connectivity index (χ0n) is 17.5. The SMILES string of the molecule is COc1ccc(C(=O)CSc2nc3scc(-c4ccc(C(C)C)cc4)c3c(=O)[nH]2)cc1. The highest BCUT2D eigenvalue weighted by Crippen LogP contribution is 2.32. The van der Waals surface area contributed by atoms with Crippen LogP contribution in [0.4, 0.5) is 0 Å². The summed E-state index contributed by atoms with van der Waals surface area (Å²) >= 11 is 2.67. The summed E-state index contributed by atoms with van der Waals surface area (Å²) in [6, 6.07) is 15.3. The number of nitrogens with zero attached hydrogens (tertiary/aromatic N) is 1. The number of hydrogen-bond acceptors (Lipinski definition) is 6. The first-order valence-electron chi connectivity index (χ1n) is 9.88. The van der Waals surface area contributed by atoms with Crippen molar-refractivity contribution in [1.82, 2.24) is 9.97 Å². The van der Waals surface area contributed by atoms with Gasteiger partial charge >= 0.3 is 0 Å². The van der Waals surface area contributed by atoms with Gasteiger partial charge in [0.1, 0.15) is 10.6 Å². The fourth-order valence-corrected chi connectivity index (χ4v) is 5.01. The lowest BCUT2D eigenvalue weighted by atomic mass is 9.99. The van der Waals surface area contributed by atoms with Crippen LogP contribution in [0.5, 0.6) is 5.75 Å². The highest BCUT2D eigenvalue weighted by molar-refractivity contribution is 7.99. The Kier molecular flexibility index (Phi) is 6.25. The van der Waals surface area contributed by atoms with E-state index in [0.717, 1.165) is 11.1 Å². The molecule has 0 fully saturated rings. The summed E-state index contributed by atoms with van der Waals surface area (Å²) in [5.74, 6) is 1.31. The number of carbonyl (C=O) groups is 1. The molecule has 7 heteroatoms. The van der Waals surface area contributed by atoms with Crippen LogP contribution in [0.3, 0.4) is 0 Å². The summed E-state index contributed by atoms with van der Waals surface area (Å²) < 4.78 is 5.12. The molecule has 0 atom stereocenters. The van der Waals surface area contributed by atoms with E-state index in [0.29, 0.717) is 32.6 Å². The Morgan fingerprint density at radius 3 is 2.48 bits per heavy atom. The van der Waals surface area contributed by atoms with E-state index in [2.05, 4.69) is 35.9 Å². The lowest BCUT2D eigenvalue weighted by Crippen LogP contribution is -2.10. The predicted octanol–water partition coefficient (Wildman–Crippen LogP) is 5.76. The van der Waals surface area contributed by atoms with E-state index in [4.69, 9.17) is 4.74 Å². The van der Waals surface area contributed by atoms with Gasteiger partial charge in [0.15, 0.2) is 10.9 Å². The van der Waals surface area contributed by atoms with E-state index < -0.39 is 0 Å². The average Bonchev–Trinajstić information content (AvgIpc) is 3.22. The smallest absolute Gasteiger partial charge is 0.260 e. The number of thioether (sulfide) groups is 1. The first-order chi connectivity index (χ1) is 15.0. The molecule has 0 radical (unpaired) electrons. The van der Waals surface area contributed by atoms with Crippen LogP contribution in [0.2, 0.25) is 0 Å². The number of Topliss-reactive ketones (excluding diaryl/α,β-unsaturated/α-hetero) is 1. The summed E-state index contributed by atoms with van der Waals surface area (Å²) in [5.41, 5.74) is 3.55. The molecule has 0 saturated carbocycles. The number of nitrogens with one attached hydrogen (secondary N) is 1. The van der Waals surface area contributed by atoms with Crippen LogP contribution in [0, 0.1) is 0 Å². The second-order valence-electron chi connectivity index (χ2n) is 7.42. The van der Waals surface area contributed by atoms with Gasteiger partial charge in [-0.05, 0) is 41.3 Å². The number of methoxy groups -OCH3 is 1. The molecule has 4 rings (SSSR count). The third kappa shape index (κ3) is 4.57. The molecule has 2 heterocycles. The van der Waals surface area contributed by atoms with Gasteiger partial charge in [-0.25, -0.2) is 4.98 Å². The molecule has 0 bridgehead atoms. The Morgan fingerprint density at radius 1 is 1.13 bits per heavy atom. The Hall–Kier alpha value is -2.90. The zero-order valence-corrected chi connectivity index (χ0v) is 19.1. The third-order valence-electron chi connectivity index (χ3n) is 5.06. The molecule has 0 spiro atoms. The van der Waals surface area contributed by atoms with Gasteiger partial charge in [-0.15, -0.1) is 11.3 Å². The van der Waals surface area contributed by atoms with Crippen molar-refractivity contribution >= 4 is 39.1 Å². The minimum Gasteiger partial charge on any atom is -0.497 e. The van der Waals surface area contributed by atoms with Crippen molar-refractivity contribution in [2.24, 2.45) is 0 Å². The average molecular weight is 451 g/mol. The third-order valence-corrected chi connectivity index (χ3v) is 6.81. The molecular weight excluding hydrogens is 428 g/mol. The minimum atomic E-state index is -0.186. The normalized spacial score (nSPS) is 11.2. The van der Waals surface area contributed by atoms with Crippen LogP contribution >= 0.6 is 23.1 Å². The Morgan fingerprint density at radius 2 is 1.84 bits per heavy atom. The molecule has 0 amide bonds. The maximum atomic E-state index is 12.8. The van der Waals surface area contributed by atoms with Crippen molar-refractivity contribution in [1.29, 1.82) is 0 Å². The first-order valence-corrected chi connectivity index (χ1v) is 11.7. The second-order valence-corrected chi connectivity index (χ2v) is 9.24. The van der Waals surface area contributed by atoms with E-state index in [1.807, 2.05) is 17.5 Å². The minimum absolute atomic E-state index is 0.0347. The number of thiophene rings is 1. The molecule has 158 valence electrons. The molecule has 0 aliphatic heterocycles. The van der Waals surface area contributed by atoms with Crippen molar-refractivity contribution < 1.29 is 9.53 Å². The van der Waals surface area contributed by atoms with Gasteiger partial charge in [0.25, 0.3) is 5.56 Å². The van der Waals surface area contributed by atoms with Gasteiger partial charge in [-0.3, -0.25) is 9.59 Å². The first kappa shape index (κ1) is 21.3. The molecule has 2 aromatic carbocycles. The van der Waals surface area contributed by atoms with Gasteiger partial charge in [0, 0.05) is 16.5 Å². The number of aromatic nitrogens is 2. The molecule has 31 heavy (non-hydrogen) atoms. The lowest BCUT2D eigenvalue weighted by Gasteiger charge is -2.06. The number of rotatable bonds is 7. The van der Waals surface area contributed by atoms with Gasteiger partial charge in [0.2, 0.25) is 0 Å². The predicted molar refractivity (Wildman–Crippen MR) is 128 cm³/mol. The van der Waals surface area contributed by atoms with Crippen molar-refractivity contribution in [2.75, 3.05) is 12.9 Å². The number of benzene rings is 2. The lowest BCUT2D eigenvalue weighted by molar-refractivity contribution is 0.102. The van der Waals surface area contributed by atoms with Crippen molar-refractivity contribution in [2.45, 2.75) is 24.9 Å². The number of carbonyl (C=O) groups excluding carboxylic acids is 1. The Balaban J connectivity index is 1.54. The van der Waals surface area contributed by atoms with Crippen LogP contribution in [0.15, 0.2) is 63.9 Å². The topological polar surface area (TPSA) is 72.0 Å². The van der Waals surface area contributed by atoms with Gasteiger partial charge in [-0.1, -0.05) is 49.9 Å². The quantitative estimate of drug-likeness (QED) is 0.220. The Bertz CT molecular complexity index is 1270. The summed E-state index contributed by atoms with van der Waals surface area (Å²) in [6.45, 7) is 4.31. The molecule has 0 saturated heterocycles. The molecule has 5 nitrogen and oxygen atoms in total. The molecule has 4 aromatic rings. The van der Waals surface area contributed by atoms with E-state index in [1.165, 1.54) is 28.7 Å². The molecule has 0 aliphatic rings. The van der Waals surface area contributed by atoms with Crippen molar-refractivity contribution in [3.63, 3.8) is 0 Å². The Labute approximate surface area is 188 Å². The molecule has 0 aliphatic carbocycles. The van der Waals surface area contributed by atoms with Crippen LogP contribution in [-0.2, 0) is 0 Å². The van der Waals surface area contributed by atoms with Crippen molar-refractivity contribution in [3.05, 3.63) is 75.4 Å². The number of hydrogen-bond donors (Lipinski definition) is 1. The van der Waals surface area contributed by atoms with Crippen molar-refractivity contribution in [3.8, 4) is 16.9 Å². The van der Waals surface area contributed by atoms with Gasteiger partial charge in [0.05, 0.1) is 18.2 Å². The monoisotopic (exact) mass is 450 g/mol. The molecule has 0 unspecified atom stereocenters. The van der Waals surface area contributed by atoms with E-state index >= 15 is 0 Å². The fourth-order valence-electron chi connectivity index (χ4n) is 3.25. The highest BCUT2D eigenvalue weighted by atomic mass is 32.2. The summed E-state index contributed by atoms with van der Waals surface area (Å²) in [5, 5.41) is 3.00. The van der Waals surface area contributed by atoms with Crippen LogP contribution in [0.25, 0.3) is 21.3 Å². The fraction of sp³-hybridized carbons (Fsp3) is 0.208. The van der Waals surface area contributed by atoms with E-state index in [-0.39, 0.29) is 17.1 Å². The molecule has 2 aromatic heterocycles. The van der Waals surface area contributed by atoms with E-state index in [9.17, 15) is 9.59 Å². The summed E-state index contributed by atoms with van der Waals surface area (Å²) in [7, 11) is 1.58. The van der Waals surface area contributed by atoms with Crippen LogP contribution in [-0.4, -0.2) is 28.6 Å². The summed E-state index contributed by atoms with van der Waals surface area (Å²) in [4.78, 5) is 33.3. The van der Waals surface area contributed by atoms with Gasteiger partial charge in [-0.2, -0.15) is 0 Å². The standard InChI is InChI=1S/C24H22N2O3S2/c1-14(2)15-4-6-16(7-5-15)19-12-30-23-21(19)22(28)25-24(26-23)31-13-20(27)17-8-10-18(29-3)11-9-17/h4-12,14H,13H2,1-3H3,(H,25,26,28). The highest BCUT2D eigenvalue weighted by Gasteiger charge is 2.15. The number of aromatic amines is 1. The molecular formula is C24H22N2O3S2. The molecule has 1 N–H and O–H groups in total. The number of ketones is 1. The number of fused-ring (bicyclic) bond motifs is 1. The second kappa shape index (κ2) is 9.08. The maximum absolute atomic E-state index is 12.8. The summed E-state index contributed by atoms with van der Waals surface area (Å²) in [6.07, 6.45) is 0. The van der Waals surface area contributed by atoms with Gasteiger partial charge < -0.3 is 9.72 Å². The number of H-pyrrole nitrogens is 1. The van der Waals surface area contributed by atoms with E-state index in [1.54, 1.807) is 31.4 Å². The van der Waals surface area contributed by atoms with Crippen LogP contribution in [0.1, 0.15) is 35.7 Å².